The lowest BCUT2D eigenvalue weighted by Crippen LogP contribution is -2.28. The van der Waals surface area contributed by atoms with Crippen LogP contribution in [0.3, 0.4) is 0 Å². The number of ether oxygens (including phenoxy) is 1. The first kappa shape index (κ1) is 20.4. The van der Waals surface area contributed by atoms with E-state index in [4.69, 9.17) is 14.1 Å². The van der Waals surface area contributed by atoms with Crippen molar-refractivity contribution in [1.29, 1.82) is 0 Å². The third kappa shape index (κ3) is 3.34. The maximum Gasteiger partial charge on any atom is 0.348 e. The van der Waals surface area contributed by atoms with Crippen LogP contribution >= 0.6 is 0 Å². The standard InChI is InChI=1S/C24H28N2O4/c1-6-18(27)26-22-20-19(14-8-7-9-17(29-5)21(14)30-23(20)28)15-12-13(24(2,3)4)10-11-16(15)25-22/h7-9,13H,6,10-12H2,1-5H3,(H,25,26,27)/t13-/m1/s1. The maximum atomic E-state index is 13.1. The summed E-state index contributed by atoms with van der Waals surface area (Å²) in [4.78, 5) is 30.0. The lowest BCUT2D eigenvalue weighted by atomic mass is 9.71. The topological polar surface area (TPSA) is 81.4 Å². The van der Waals surface area contributed by atoms with Crippen LogP contribution in [0.5, 0.6) is 5.75 Å². The van der Waals surface area contributed by atoms with Crippen molar-refractivity contribution in [3.05, 3.63) is 39.9 Å². The van der Waals surface area contributed by atoms with Crippen LogP contribution in [0.1, 0.15) is 51.8 Å². The van der Waals surface area contributed by atoms with E-state index in [0.29, 0.717) is 34.9 Å². The van der Waals surface area contributed by atoms with E-state index < -0.39 is 5.63 Å². The number of carbonyl (C=O) groups is 1. The minimum atomic E-state index is -0.512. The number of hydrogen-bond acceptors (Lipinski definition) is 5. The average molecular weight is 408 g/mol. The van der Waals surface area contributed by atoms with E-state index in [9.17, 15) is 9.59 Å². The molecule has 0 saturated heterocycles. The first-order valence-electron chi connectivity index (χ1n) is 10.5. The SMILES string of the molecule is CCC(=O)Nc1nc2c(c3c1c(=O)oc1c(OC)cccc13)C[C@H](C(C)(C)C)CC2. The Hall–Kier alpha value is -2.89. The van der Waals surface area contributed by atoms with Gasteiger partial charge in [0.1, 0.15) is 11.2 Å². The number of aryl methyl sites for hydroxylation is 1. The molecule has 6 heteroatoms. The number of carbonyl (C=O) groups excluding carboxylic acids is 1. The molecule has 2 heterocycles. The summed E-state index contributed by atoms with van der Waals surface area (Å²) in [6.45, 7) is 8.53. The molecular weight excluding hydrogens is 380 g/mol. The number of hydrogen-bond donors (Lipinski definition) is 1. The summed E-state index contributed by atoms with van der Waals surface area (Å²) in [5.41, 5.74) is 2.09. The number of para-hydroxylation sites is 1. The molecule has 1 aliphatic rings. The van der Waals surface area contributed by atoms with Crippen molar-refractivity contribution in [3.63, 3.8) is 0 Å². The summed E-state index contributed by atoms with van der Waals surface area (Å²) in [5, 5.41) is 4.79. The van der Waals surface area contributed by atoms with Gasteiger partial charge in [0, 0.05) is 22.9 Å². The zero-order chi connectivity index (χ0) is 21.6. The number of anilines is 1. The highest BCUT2D eigenvalue weighted by Crippen LogP contribution is 2.42. The molecule has 1 aliphatic carbocycles. The summed E-state index contributed by atoms with van der Waals surface area (Å²) in [7, 11) is 1.56. The smallest absolute Gasteiger partial charge is 0.348 e. The van der Waals surface area contributed by atoms with Gasteiger partial charge >= 0.3 is 5.63 Å². The predicted octanol–water partition coefficient (Wildman–Crippen LogP) is 4.85. The lowest BCUT2D eigenvalue weighted by Gasteiger charge is -2.35. The fourth-order valence-corrected chi connectivity index (χ4v) is 4.43. The highest BCUT2D eigenvalue weighted by Gasteiger charge is 2.32. The Morgan fingerprint density at radius 3 is 2.73 bits per heavy atom. The largest absolute Gasteiger partial charge is 0.493 e. The van der Waals surface area contributed by atoms with Crippen molar-refractivity contribution in [2.24, 2.45) is 11.3 Å². The second-order valence-electron chi connectivity index (χ2n) is 9.07. The van der Waals surface area contributed by atoms with E-state index >= 15 is 0 Å². The maximum absolute atomic E-state index is 13.1. The van der Waals surface area contributed by atoms with Crippen LogP contribution in [0, 0.1) is 11.3 Å². The average Bonchev–Trinajstić information content (AvgIpc) is 2.71. The summed E-state index contributed by atoms with van der Waals surface area (Å²) >= 11 is 0. The summed E-state index contributed by atoms with van der Waals surface area (Å²) in [6.07, 6.45) is 2.98. The van der Waals surface area contributed by atoms with Crippen molar-refractivity contribution in [2.45, 2.75) is 53.4 Å². The fourth-order valence-electron chi connectivity index (χ4n) is 4.43. The Balaban J connectivity index is 2.11. The molecule has 0 aliphatic heterocycles. The fraction of sp³-hybridized carbons (Fsp3) is 0.458. The second-order valence-corrected chi connectivity index (χ2v) is 9.07. The van der Waals surface area contributed by atoms with Crippen molar-refractivity contribution >= 4 is 33.5 Å². The Labute approximate surface area is 175 Å². The van der Waals surface area contributed by atoms with Crippen molar-refractivity contribution in [1.82, 2.24) is 4.98 Å². The van der Waals surface area contributed by atoms with Gasteiger partial charge in [0.25, 0.3) is 0 Å². The highest BCUT2D eigenvalue weighted by molar-refractivity contribution is 6.12. The molecule has 2 aromatic heterocycles. The second kappa shape index (κ2) is 7.42. The number of benzene rings is 1. The number of amides is 1. The first-order valence-corrected chi connectivity index (χ1v) is 10.5. The summed E-state index contributed by atoms with van der Waals surface area (Å²) < 4.78 is 11.1. The van der Waals surface area contributed by atoms with Crippen LogP contribution in [0.15, 0.2) is 27.4 Å². The van der Waals surface area contributed by atoms with Crippen LogP contribution in [-0.2, 0) is 17.6 Å². The van der Waals surface area contributed by atoms with Gasteiger partial charge < -0.3 is 14.5 Å². The van der Waals surface area contributed by atoms with Gasteiger partial charge in [-0.3, -0.25) is 4.79 Å². The van der Waals surface area contributed by atoms with E-state index in [1.165, 1.54) is 0 Å². The number of nitrogens with one attached hydrogen (secondary N) is 1. The van der Waals surface area contributed by atoms with Gasteiger partial charge in [-0.05, 0) is 42.2 Å². The zero-order valence-corrected chi connectivity index (χ0v) is 18.2. The zero-order valence-electron chi connectivity index (χ0n) is 18.2. The van der Waals surface area contributed by atoms with Crippen LogP contribution < -0.4 is 15.7 Å². The molecule has 4 rings (SSSR count). The van der Waals surface area contributed by atoms with Gasteiger partial charge in [-0.25, -0.2) is 9.78 Å². The molecule has 30 heavy (non-hydrogen) atoms. The quantitative estimate of drug-likeness (QED) is 0.495. The highest BCUT2D eigenvalue weighted by atomic mass is 16.5. The number of methoxy groups -OCH3 is 1. The molecule has 0 bridgehead atoms. The number of nitrogens with zero attached hydrogens (tertiary/aromatic N) is 1. The molecule has 0 radical (unpaired) electrons. The number of rotatable bonds is 3. The molecule has 3 aromatic rings. The number of aromatic nitrogens is 1. The van der Waals surface area contributed by atoms with E-state index in [1.807, 2.05) is 12.1 Å². The number of pyridine rings is 1. The monoisotopic (exact) mass is 408 g/mol. The van der Waals surface area contributed by atoms with Crippen LogP contribution in [0.25, 0.3) is 21.7 Å². The molecule has 1 N–H and O–H groups in total. The Kier molecular flexibility index (Phi) is 5.04. The lowest BCUT2D eigenvalue weighted by molar-refractivity contribution is -0.115. The van der Waals surface area contributed by atoms with Gasteiger partial charge in [0.05, 0.1) is 7.11 Å². The normalized spacial score (nSPS) is 16.5. The van der Waals surface area contributed by atoms with Gasteiger partial charge in [0.15, 0.2) is 11.3 Å². The minimum absolute atomic E-state index is 0.145. The third-order valence-corrected chi connectivity index (χ3v) is 6.23. The summed E-state index contributed by atoms with van der Waals surface area (Å²) in [5.74, 6) is 1.10. The minimum Gasteiger partial charge on any atom is -0.493 e. The van der Waals surface area contributed by atoms with Gasteiger partial charge in [-0.2, -0.15) is 0 Å². The molecule has 0 saturated carbocycles. The Morgan fingerprint density at radius 1 is 1.30 bits per heavy atom. The first-order chi connectivity index (χ1) is 14.2. The number of fused-ring (bicyclic) bond motifs is 5. The molecule has 0 spiro atoms. The van der Waals surface area contributed by atoms with E-state index in [1.54, 1.807) is 20.1 Å². The molecule has 1 amide bonds. The van der Waals surface area contributed by atoms with Crippen molar-refractivity contribution < 1.29 is 13.9 Å². The molecule has 1 aromatic carbocycles. The summed E-state index contributed by atoms with van der Waals surface area (Å²) in [6, 6.07) is 5.61. The van der Waals surface area contributed by atoms with Crippen molar-refractivity contribution in [3.8, 4) is 5.75 Å². The van der Waals surface area contributed by atoms with Gasteiger partial charge in [-0.15, -0.1) is 0 Å². The van der Waals surface area contributed by atoms with Gasteiger partial charge in [-0.1, -0.05) is 39.8 Å². The van der Waals surface area contributed by atoms with Crippen LogP contribution in [-0.4, -0.2) is 18.0 Å². The molecular formula is C24H28N2O4. The Morgan fingerprint density at radius 2 is 2.07 bits per heavy atom. The van der Waals surface area contributed by atoms with E-state index in [0.717, 1.165) is 41.3 Å². The van der Waals surface area contributed by atoms with E-state index in [-0.39, 0.29) is 11.3 Å². The van der Waals surface area contributed by atoms with E-state index in [2.05, 4.69) is 26.1 Å². The molecule has 0 fully saturated rings. The third-order valence-electron chi connectivity index (χ3n) is 6.23. The van der Waals surface area contributed by atoms with Crippen LogP contribution in [0.4, 0.5) is 5.82 Å². The Bertz CT molecular complexity index is 1200. The molecule has 6 nitrogen and oxygen atoms in total. The van der Waals surface area contributed by atoms with Gasteiger partial charge in [0.2, 0.25) is 5.91 Å². The molecule has 1 atom stereocenters. The molecule has 0 unspecified atom stereocenters. The van der Waals surface area contributed by atoms with Crippen LogP contribution in [0.2, 0.25) is 0 Å². The predicted molar refractivity (Wildman–Crippen MR) is 118 cm³/mol. The molecule has 158 valence electrons. The van der Waals surface area contributed by atoms with Crippen molar-refractivity contribution in [2.75, 3.05) is 12.4 Å².